The van der Waals surface area contributed by atoms with Crippen LogP contribution in [-0.4, -0.2) is 43.9 Å². The number of alkyl halides is 2. The minimum atomic E-state index is -3.86. The van der Waals surface area contributed by atoms with E-state index >= 15 is 0 Å². The van der Waals surface area contributed by atoms with E-state index in [1.54, 1.807) is 0 Å². The molecule has 0 unspecified atom stereocenters. The molecule has 1 heterocycles. The highest BCUT2D eigenvalue weighted by atomic mass is 32.2. The first kappa shape index (κ1) is 14.6. The molecule has 0 atom stereocenters. The van der Waals surface area contributed by atoms with Crippen molar-refractivity contribution in [2.24, 2.45) is 0 Å². The van der Waals surface area contributed by atoms with Crippen molar-refractivity contribution in [1.82, 2.24) is 10.2 Å². The van der Waals surface area contributed by atoms with Crippen LogP contribution in [0.5, 0.6) is 0 Å². The molecule has 0 saturated heterocycles. The zero-order valence-electron chi connectivity index (χ0n) is 9.74. The van der Waals surface area contributed by atoms with Crippen molar-refractivity contribution in [3.05, 3.63) is 11.4 Å². The van der Waals surface area contributed by atoms with E-state index in [9.17, 15) is 22.0 Å². The van der Waals surface area contributed by atoms with Crippen LogP contribution in [0.15, 0.2) is 4.90 Å². The maximum atomic E-state index is 12.3. The highest BCUT2D eigenvalue weighted by molar-refractivity contribution is 7.90. The number of esters is 1. The number of aromatic amines is 1. The summed E-state index contributed by atoms with van der Waals surface area (Å²) in [6, 6.07) is 0. The molecular weight excluding hydrogens is 270 g/mol. The summed E-state index contributed by atoms with van der Waals surface area (Å²) in [6.07, 6.45) is -2.76. The maximum absolute atomic E-state index is 12.3. The third-order valence-electron chi connectivity index (χ3n) is 1.99. The summed E-state index contributed by atoms with van der Waals surface area (Å²) in [5.74, 6) is -0.963. The predicted molar refractivity (Wildman–Crippen MR) is 57.4 cm³/mol. The maximum Gasteiger partial charge on any atom is 0.360 e. The first-order valence-corrected chi connectivity index (χ1v) is 6.89. The Morgan fingerprint density at radius 1 is 1.50 bits per heavy atom. The van der Waals surface area contributed by atoms with Gasteiger partial charge in [-0.3, -0.25) is 5.10 Å². The summed E-state index contributed by atoms with van der Waals surface area (Å²) >= 11 is 0. The van der Waals surface area contributed by atoms with Gasteiger partial charge >= 0.3 is 5.97 Å². The number of carbonyl (C=O) groups is 1. The summed E-state index contributed by atoms with van der Waals surface area (Å²) in [4.78, 5) is 10.9. The van der Waals surface area contributed by atoms with Crippen molar-refractivity contribution in [2.75, 3.05) is 12.9 Å². The van der Waals surface area contributed by atoms with Gasteiger partial charge in [-0.05, 0) is 6.92 Å². The number of carbonyl (C=O) groups excluding carboxylic acids is 1. The quantitative estimate of drug-likeness (QED) is 0.807. The highest BCUT2D eigenvalue weighted by Crippen LogP contribution is 2.21. The Bertz CT molecular complexity index is 539. The Labute approximate surface area is 102 Å². The topological polar surface area (TPSA) is 89.1 Å². The average Bonchev–Trinajstić information content (AvgIpc) is 2.60. The zero-order valence-corrected chi connectivity index (χ0v) is 10.6. The van der Waals surface area contributed by atoms with Gasteiger partial charge in [0.1, 0.15) is 4.90 Å². The van der Waals surface area contributed by atoms with E-state index in [1.807, 2.05) is 0 Å². The molecule has 0 fully saturated rings. The van der Waals surface area contributed by atoms with Crippen LogP contribution < -0.4 is 0 Å². The second kappa shape index (κ2) is 5.42. The summed E-state index contributed by atoms with van der Waals surface area (Å²) in [5.41, 5.74) is -0.787. The molecule has 0 saturated carbocycles. The van der Waals surface area contributed by atoms with E-state index in [2.05, 4.69) is 14.9 Å². The molecule has 1 rings (SSSR count). The van der Waals surface area contributed by atoms with Crippen molar-refractivity contribution < 1.29 is 26.7 Å². The van der Waals surface area contributed by atoms with E-state index in [4.69, 9.17) is 0 Å². The van der Waals surface area contributed by atoms with Crippen LogP contribution >= 0.6 is 0 Å². The molecular formula is C9H12F2N2O4S. The fourth-order valence-corrected chi connectivity index (χ4v) is 2.45. The van der Waals surface area contributed by atoms with E-state index in [1.165, 1.54) is 6.92 Å². The van der Waals surface area contributed by atoms with Gasteiger partial charge in [-0.25, -0.2) is 22.0 Å². The number of H-pyrrole nitrogens is 1. The number of nitrogens with one attached hydrogen (secondary N) is 1. The average molecular weight is 282 g/mol. The molecule has 6 nitrogen and oxygen atoms in total. The van der Waals surface area contributed by atoms with E-state index < -0.39 is 39.2 Å². The number of hydrogen-bond donors (Lipinski definition) is 1. The van der Waals surface area contributed by atoms with Crippen LogP contribution in [0.1, 0.15) is 23.1 Å². The Balaban J connectivity index is 3.29. The van der Waals surface area contributed by atoms with Gasteiger partial charge in [0.2, 0.25) is 6.43 Å². The van der Waals surface area contributed by atoms with Crippen LogP contribution in [0.2, 0.25) is 0 Å². The summed E-state index contributed by atoms with van der Waals surface area (Å²) in [6.45, 7) is 1.56. The summed E-state index contributed by atoms with van der Waals surface area (Å²) < 4.78 is 52.2. The monoisotopic (exact) mass is 282 g/mol. The largest absolute Gasteiger partial charge is 0.461 e. The summed E-state index contributed by atoms with van der Waals surface area (Å²) in [7, 11) is -3.86. The molecule has 1 aromatic heterocycles. The molecule has 0 aliphatic heterocycles. The van der Waals surface area contributed by atoms with Gasteiger partial charge in [-0.2, -0.15) is 5.10 Å². The normalized spacial score (nSPS) is 11.8. The van der Waals surface area contributed by atoms with E-state index in [-0.39, 0.29) is 12.3 Å². The number of aromatic nitrogens is 2. The van der Waals surface area contributed by atoms with Crippen molar-refractivity contribution in [2.45, 2.75) is 24.7 Å². The Morgan fingerprint density at radius 2 is 2.11 bits per heavy atom. The van der Waals surface area contributed by atoms with Crippen molar-refractivity contribution >= 4 is 15.8 Å². The second-order valence-corrected chi connectivity index (χ2v) is 5.42. The van der Waals surface area contributed by atoms with Crippen molar-refractivity contribution in [3.63, 3.8) is 0 Å². The van der Waals surface area contributed by atoms with Gasteiger partial charge in [0.25, 0.3) is 0 Å². The minimum Gasteiger partial charge on any atom is -0.461 e. The van der Waals surface area contributed by atoms with Gasteiger partial charge in [0.05, 0.1) is 18.7 Å². The van der Waals surface area contributed by atoms with Crippen LogP contribution in [0.25, 0.3) is 0 Å². The molecule has 0 radical (unpaired) electrons. The van der Waals surface area contributed by atoms with Gasteiger partial charge in [0.15, 0.2) is 15.5 Å². The zero-order chi connectivity index (χ0) is 13.9. The number of halogens is 2. The summed E-state index contributed by atoms with van der Waals surface area (Å²) in [5, 5.41) is 5.58. The molecule has 18 heavy (non-hydrogen) atoms. The standard InChI is InChI=1S/C9H12F2N2O4S/c1-3-17-9(14)7-8(18(2,15)16)5(12-13-7)4-6(10)11/h6H,3-4H2,1-2H3,(H,12,13). The van der Waals surface area contributed by atoms with Crippen LogP contribution in [-0.2, 0) is 21.0 Å². The molecule has 0 bridgehead atoms. The molecule has 0 spiro atoms. The van der Waals surface area contributed by atoms with Crippen molar-refractivity contribution in [1.29, 1.82) is 0 Å². The highest BCUT2D eigenvalue weighted by Gasteiger charge is 2.28. The lowest BCUT2D eigenvalue weighted by atomic mass is 10.3. The van der Waals surface area contributed by atoms with Crippen LogP contribution in [0.4, 0.5) is 8.78 Å². The lowest BCUT2D eigenvalue weighted by Crippen LogP contribution is -2.12. The molecule has 1 aromatic rings. The first-order chi connectivity index (χ1) is 8.27. The Morgan fingerprint density at radius 3 is 2.56 bits per heavy atom. The number of rotatable bonds is 5. The number of nitrogens with zero attached hydrogens (tertiary/aromatic N) is 1. The van der Waals surface area contributed by atoms with Gasteiger partial charge in [-0.1, -0.05) is 0 Å². The Kier molecular flexibility index (Phi) is 4.38. The molecule has 102 valence electrons. The van der Waals surface area contributed by atoms with E-state index in [0.717, 1.165) is 6.26 Å². The molecule has 9 heteroatoms. The second-order valence-electron chi connectivity index (χ2n) is 3.47. The third-order valence-corrected chi connectivity index (χ3v) is 3.17. The fourth-order valence-electron chi connectivity index (χ4n) is 1.40. The fraction of sp³-hybridized carbons (Fsp3) is 0.556. The third kappa shape index (κ3) is 3.25. The molecule has 0 aliphatic rings. The smallest absolute Gasteiger partial charge is 0.360 e. The first-order valence-electron chi connectivity index (χ1n) is 5.00. The number of hydrogen-bond acceptors (Lipinski definition) is 5. The van der Waals surface area contributed by atoms with Gasteiger partial charge in [0, 0.05) is 6.26 Å². The number of ether oxygens (including phenoxy) is 1. The molecule has 0 aromatic carbocycles. The minimum absolute atomic E-state index is 0.0269. The van der Waals surface area contributed by atoms with Crippen LogP contribution in [0, 0.1) is 0 Å². The van der Waals surface area contributed by atoms with Crippen LogP contribution in [0.3, 0.4) is 0 Å². The van der Waals surface area contributed by atoms with E-state index in [0.29, 0.717) is 0 Å². The molecule has 1 N–H and O–H groups in total. The predicted octanol–water partition coefficient (Wildman–Crippen LogP) is 0.798. The lowest BCUT2D eigenvalue weighted by Gasteiger charge is -2.03. The molecule has 0 aliphatic carbocycles. The Hall–Kier alpha value is -1.51. The SMILES string of the molecule is CCOC(=O)c1n[nH]c(CC(F)F)c1S(C)(=O)=O. The molecule has 0 amide bonds. The van der Waals surface area contributed by atoms with Gasteiger partial charge in [-0.15, -0.1) is 0 Å². The lowest BCUT2D eigenvalue weighted by molar-refractivity contribution is 0.0514. The number of sulfone groups is 1. The van der Waals surface area contributed by atoms with Crippen molar-refractivity contribution in [3.8, 4) is 0 Å². The van der Waals surface area contributed by atoms with Gasteiger partial charge < -0.3 is 4.74 Å².